The second kappa shape index (κ2) is 7.96. The van der Waals surface area contributed by atoms with Crippen LogP contribution in [-0.2, 0) is 14.8 Å². The van der Waals surface area contributed by atoms with Gasteiger partial charge in [-0.2, -0.15) is 4.31 Å². The zero-order valence-corrected chi connectivity index (χ0v) is 16.2. The van der Waals surface area contributed by atoms with Crippen LogP contribution in [0.2, 0.25) is 10.0 Å². The van der Waals surface area contributed by atoms with E-state index in [2.05, 4.69) is 5.32 Å². The van der Waals surface area contributed by atoms with Crippen molar-refractivity contribution < 1.29 is 13.2 Å². The first-order chi connectivity index (χ1) is 12.4. The quantitative estimate of drug-likeness (QED) is 0.823. The predicted molar refractivity (Wildman–Crippen MR) is 103 cm³/mol. The molecule has 26 heavy (non-hydrogen) atoms. The molecule has 2 aromatic rings. The Morgan fingerprint density at radius 1 is 1.04 bits per heavy atom. The van der Waals surface area contributed by atoms with Gasteiger partial charge in [-0.1, -0.05) is 47.5 Å². The minimum Gasteiger partial charge on any atom is -0.323 e. The number of piperidine rings is 1. The van der Waals surface area contributed by atoms with E-state index in [0.29, 0.717) is 35.1 Å². The van der Waals surface area contributed by atoms with Crippen molar-refractivity contribution in [2.45, 2.75) is 17.7 Å². The van der Waals surface area contributed by atoms with Crippen LogP contribution < -0.4 is 5.32 Å². The Balaban J connectivity index is 1.75. The molecule has 1 atom stereocenters. The van der Waals surface area contributed by atoms with Crippen LogP contribution in [0.3, 0.4) is 0 Å². The zero-order valence-electron chi connectivity index (χ0n) is 13.9. The standard InChI is InChI=1S/C18H18Cl2N2O3S/c19-15-9-4-10-16(20)17(15)21-18(23)13-6-5-11-22(12-13)26(24,25)14-7-2-1-3-8-14/h1-4,7-10,13H,5-6,11-12H2,(H,21,23)/t13-/m0/s1. The number of nitrogens with one attached hydrogen (secondary N) is 1. The van der Waals surface area contributed by atoms with Gasteiger partial charge in [-0.25, -0.2) is 8.42 Å². The Labute approximate surface area is 163 Å². The van der Waals surface area contributed by atoms with Gasteiger partial charge in [0.2, 0.25) is 15.9 Å². The van der Waals surface area contributed by atoms with E-state index in [1.807, 2.05) is 0 Å². The van der Waals surface area contributed by atoms with Crippen LogP contribution in [0.5, 0.6) is 0 Å². The van der Waals surface area contributed by atoms with Gasteiger partial charge >= 0.3 is 0 Å². The molecule has 0 spiro atoms. The fourth-order valence-electron chi connectivity index (χ4n) is 2.96. The number of benzene rings is 2. The zero-order chi connectivity index (χ0) is 18.7. The lowest BCUT2D eigenvalue weighted by Crippen LogP contribution is -2.43. The molecule has 0 saturated carbocycles. The van der Waals surface area contributed by atoms with E-state index in [9.17, 15) is 13.2 Å². The van der Waals surface area contributed by atoms with Crippen LogP contribution in [0.4, 0.5) is 5.69 Å². The molecule has 0 unspecified atom stereocenters. The third kappa shape index (κ3) is 4.04. The normalized spacial score (nSPS) is 18.5. The number of carbonyl (C=O) groups excluding carboxylic acids is 1. The molecule has 1 aliphatic heterocycles. The summed E-state index contributed by atoms with van der Waals surface area (Å²) in [5, 5.41) is 3.42. The molecule has 1 N–H and O–H groups in total. The number of para-hydroxylation sites is 1. The Hall–Kier alpha value is -1.60. The molecule has 1 fully saturated rings. The third-order valence-corrected chi connectivity index (χ3v) is 6.86. The molecule has 0 radical (unpaired) electrons. The molecule has 1 saturated heterocycles. The maximum absolute atomic E-state index is 12.8. The fourth-order valence-corrected chi connectivity index (χ4v) is 5.00. The van der Waals surface area contributed by atoms with E-state index in [1.54, 1.807) is 48.5 Å². The van der Waals surface area contributed by atoms with Crippen LogP contribution >= 0.6 is 23.2 Å². The Bertz CT molecular complexity index is 884. The van der Waals surface area contributed by atoms with Crippen molar-refractivity contribution in [1.82, 2.24) is 4.31 Å². The van der Waals surface area contributed by atoms with Crippen molar-refractivity contribution in [3.8, 4) is 0 Å². The van der Waals surface area contributed by atoms with Crippen molar-refractivity contribution in [2.75, 3.05) is 18.4 Å². The summed E-state index contributed by atoms with van der Waals surface area (Å²) < 4.78 is 26.9. The van der Waals surface area contributed by atoms with E-state index in [-0.39, 0.29) is 17.3 Å². The molecule has 0 aliphatic carbocycles. The van der Waals surface area contributed by atoms with Crippen LogP contribution in [0, 0.1) is 5.92 Å². The highest BCUT2D eigenvalue weighted by atomic mass is 35.5. The van der Waals surface area contributed by atoms with Crippen molar-refractivity contribution in [2.24, 2.45) is 5.92 Å². The van der Waals surface area contributed by atoms with Gasteiger partial charge in [-0.05, 0) is 37.1 Å². The van der Waals surface area contributed by atoms with Gasteiger partial charge in [-0.3, -0.25) is 4.79 Å². The molecular weight excluding hydrogens is 395 g/mol. The Morgan fingerprint density at radius 2 is 1.69 bits per heavy atom. The number of anilines is 1. The number of hydrogen-bond donors (Lipinski definition) is 1. The lowest BCUT2D eigenvalue weighted by atomic mass is 9.98. The largest absolute Gasteiger partial charge is 0.323 e. The number of amides is 1. The maximum Gasteiger partial charge on any atom is 0.243 e. The van der Waals surface area contributed by atoms with E-state index >= 15 is 0 Å². The second-order valence-electron chi connectivity index (χ2n) is 6.10. The molecule has 0 aromatic heterocycles. The molecular formula is C18H18Cl2N2O3S. The number of rotatable bonds is 4. The summed E-state index contributed by atoms with van der Waals surface area (Å²) in [7, 11) is -3.62. The van der Waals surface area contributed by atoms with E-state index in [4.69, 9.17) is 23.2 Å². The first-order valence-corrected chi connectivity index (χ1v) is 10.4. The minimum atomic E-state index is -3.62. The lowest BCUT2D eigenvalue weighted by molar-refractivity contribution is -0.120. The van der Waals surface area contributed by atoms with E-state index < -0.39 is 15.9 Å². The summed E-state index contributed by atoms with van der Waals surface area (Å²) in [4.78, 5) is 12.9. The molecule has 1 amide bonds. The van der Waals surface area contributed by atoms with Crippen LogP contribution in [0.15, 0.2) is 53.4 Å². The SMILES string of the molecule is O=C(Nc1c(Cl)cccc1Cl)[C@H]1CCCN(S(=O)(=O)c2ccccc2)C1. The molecule has 3 rings (SSSR count). The van der Waals surface area contributed by atoms with Gasteiger partial charge in [0, 0.05) is 13.1 Å². The lowest BCUT2D eigenvalue weighted by Gasteiger charge is -2.31. The molecule has 8 heteroatoms. The highest BCUT2D eigenvalue weighted by Crippen LogP contribution is 2.31. The third-order valence-electron chi connectivity index (χ3n) is 4.35. The first kappa shape index (κ1) is 19.2. The molecule has 1 heterocycles. The van der Waals surface area contributed by atoms with E-state index in [0.717, 1.165) is 0 Å². The van der Waals surface area contributed by atoms with Crippen LogP contribution in [0.1, 0.15) is 12.8 Å². The highest BCUT2D eigenvalue weighted by molar-refractivity contribution is 7.89. The van der Waals surface area contributed by atoms with Gasteiger partial charge < -0.3 is 5.32 Å². The smallest absolute Gasteiger partial charge is 0.243 e. The summed E-state index contributed by atoms with van der Waals surface area (Å²) in [6, 6.07) is 13.2. The Kier molecular flexibility index (Phi) is 5.87. The topological polar surface area (TPSA) is 66.5 Å². The number of nitrogens with zero attached hydrogens (tertiary/aromatic N) is 1. The van der Waals surface area contributed by atoms with E-state index in [1.165, 1.54) is 4.31 Å². The molecule has 138 valence electrons. The van der Waals surface area contributed by atoms with Crippen molar-refractivity contribution in [3.05, 3.63) is 58.6 Å². The van der Waals surface area contributed by atoms with Gasteiger partial charge in [0.1, 0.15) is 0 Å². The van der Waals surface area contributed by atoms with Gasteiger partial charge in [0.25, 0.3) is 0 Å². The summed E-state index contributed by atoms with van der Waals surface area (Å²) in [6.45, 7) is 0.527. The summed E-state index contributed by atoms with van der Waals surface area (Å²) in [5.41, 5.74) is 0.351. The first-order valence-electron chi connectivity index (χ1n) is 8.19. The number of hydrogen-bond acceptors (Lipinski definition) is 3. The maximum atomic E-state index is 12.8. The highest BCUT2D eigenvalue weighted by Gasteiger charge is 2.33. The average molecular weight is 413 g/mol. The second-order valence-corrected chi connectivity index (χ2v) is 8.85. The van der Waals surface area contributed by atoms with Gasteiger partial charge in [0.15, 0.2) is 0 Å². The molecule has 2 aromatic carbocycles. The van der Waals surface area contributed by atoms with Gasteiger partial charge in [0.05, 0.1) is 26.5 Å². The number of carbonyl (C=O) groups is 1. The van der Waals surface area contributed by atoms with Crippen molar-refractivity contribution in [1.29, 1.82) is 0 Å². The predicted octanol–water partition coefficient (Wildman–Crippen LogP) is 4.03. The summed E-state index contributed by atoms with van der Waals surface area (Å²) in [6.07, 6.45) is 1.22. The number of sulfonamides is 1. The summed E-state index contributed by atoms with van der Waals surface area (Å²) in [5.74, 6) is -0.748. The monoisotopic (exact) mass is 412 g/mol. The van der Waals surface area contributed by atoms with Crippen LogP contribution in [-0.4, -0.2) is 31.7 Å². The summed E-state index contributed by atoms with van der Waals surface area (Å²) >= 11 is 12.2. The van der Waals surface area contributed by atoms with Crippen LogP contribution in [0.25, 0.3) is 0 Å². The molecule has 1 aliphatic rings. The van der Waals surface area contributed by atoms with Crippen molar-refractivity contribution >= 4 is 44.8 Å². The van der Waals surface area contributed by atoms with Gasteiger partial charge in [-0.15, -0.1) is 0 Å². The molecule has 0 bridgehead atoms. The number of halogens is 2. The fraction of sp³-hybridized carbons (Fsp3) is 0.278. The Morgan fingerprint density at radius 3 is 2.35 bits per heavy atom. The average Bonchev–Trinajstić information content (AvgIpc) is 2.65. The van der Waals surface area contributed by atoms with Crippen molar-refractivity contribution in [3.63, 3.8) is 0 Å². The molecule has 5 nitrogen and oxygen atoms in total. The minimum absolute atomic E-state index is 0.130.